The van der Waals surface area contributed by atoms with Crippen molar-refractivity contribution in [3.05, 3.63) is 47.8 Å². The van der Waals surface area contributed by atoms with Gasteiger partial charge in [0.25, 0.3) is 5.91 Å². The van der Waals surface area contributed by atoms with Gasteiger partial charge in [-0.25, -0.2) is 9.78 Å². The molecule has 134 valence electrons. The molecule has 2 bridgehead atoms. The fraction of sp³-hybridized carbons (Fsp3) is 0.353. The molecule has 2 aromatic heterocycles. The van der Waals surface area contributed by atoms with Gasteiger partial charge in [0.05, 0.1) is 30.1 Å². The third kappa shape index (κ3) is 2.86. The molecule has 4 heterocycles. The maximum absolute atomic E-state index is 12.5. The van der Waals surface area contributed by atoms with Gasteiger partial charge in [-0.3, -0.25) is 9.36 Å². The molecule has 9 nitrogen and oxygen atoms in total. The van der Waals surface area contributed by atoms with Crippen LogP contribution in [0.1, 0.15) is 30.3 Å². The van der Waals surface area contributed by atoms with E-state index in [1.807, 2.05) is 0 Å². The first-order valence-electron chi connectivity index (χ1n) is 8.37. The van der Waals surface area contributed by atoms with Crippen molar-refractivity contribution in [1.82, 2.24) is 25.1 Å². The Balaban J connectivity index is 1.54. The number of aromatic nitrogens is 4. The van der Waals surface area contributed by atoms with Gasteiger partial charge >= 0.3 is 5.97 Å². The van der Waals surface area contributed by atoms with Gasteiger partial charge < -0.3 is 14.8 Å². The second kappa shape index (κ2) is 6.68. The maximum Gasteiger partial charge on any atom is 0.338 e. The second-order valence-electron chi connectivity index (χ2n) is 5.94. The van der Waals surface area contributed by atoms with Gasteiger partial charge in [0, 0.05) is 12.4 Å². The topological polar surface area (TPSA) is 108 Å². The van der Waals surface area contributed by atoms with Crippen molar-refractivity contribution < 1.29 is 19.1 Å². The van der Waals surface area contributed by atoms with Gasteiger partial charge in [0.1, 0.15) is 6.33 Å². The molecule has 2 aromatic rings. The molecule has 1 saturated heterocycles. The van der Waals surface area contributed by atoms with Crippen molar-refractivity contribution in [1.29, 1.82) is 0 Å². The Labute approximate surface area is 149 Å². The number of fused-ring (bicyclic) bond motifs is 2. The lowest BCUT2D eigenvalue weighted by Gasteiger charge is -2.16. The lowest BCUT2D eigenvalue weighted by atomic mass is 9.96. The molecule has 0 aromatic carbocycles. The second-order valence-corrected chi connectivity index (χ2v) is 5.94. The van der Waals surface area contributed by atoms with Crippen molar-refractivity contribution in [2.45, 2.75) is 32.0 Å². The summed E-state index contributed by atoms with van der Waals surface area (Å²) in [6, 6.07) is 3.23. The number of rotatable bonds is 5. The van der Waals surface area contributed by atoms with Gasteiger partial charge in [-0.05, 0) is 31.9 Å². The fourth-order valence-electron chi connectivity index (χ4n) is 3.17. The number of carbonyl (C=O) groups excluding carboxylic acids is 2. The molecule has 0 radical (unpaired) electrons. The number of hydrogen-bond acceptors (Lipinski definition) is 7. The van der Waals surface area contributed by atoms with Crippen LogP contribution >= 0.6 is 0 Å². The Kier molecular flexibility index (Phi) is 4.21. The molecule has 0 aliphatic carbocycles. The van der Waals surface area contributed by atoms with Crippen LogP contribution in [0.25, 0.3) is 5.82 Å². The average Bonchev–Trinajstić information content (AvgIpc) is 3.39. The Morgan fingerprint density at radius 1 is 1.31 bits per heavy atom. The van der Waals surface area contributed by atoms with Crippen LogP contribution in [0.4, 0.5) is 0 Å². The summed E-state index contributed by atoms with van der Waals surface area (Å²) in [4.78, 5) is 28.7. The van der Waals surface area contributed by atoms with Crippen LogP contribution in [0.15, 0.2) is 42.1 Å². The van der Waals surface area contributed by atoms with Crippen LogP contribution in [0, 0.1) is 0 Å². The zero-order chi connectivity index (χ0) is 18.1. The highest BCUT2D eigenvalue weighted by molar-refractivity contribution is 5.97. The molecule has 9 heteroatoms. The summed E-state index contributed by atoms with van der Waals surface area (Å²) in [5.74, 6) is -0.340. The maximum atomic E-state index is 12.5. The number of nitrogens with zero attached hydrogens (tertiary/aromatic N) is 4. The molecule has 26 heavy (non-hydrogen) atoms. The summed E-state index contributed by atoms with van der Waals surface area (Å²) in [5.41, 5.74) is 1.02. The van der Waals surface area contributed by atoms with E-state index in [1.54, 1.807) is 42.3 Å². The Morgan fingerprint density at radius 3 is 2.85 bits per heavy atom. The van der Waals surface area contributed by atoms with E-state index in [2.05, 4.69) is 20.5 Å². The molecule has 2 aliphatic rings. The van der Waals surface area contributed by atoms with Crippen LogP contribution < -0.4 is 5.32 Å². The predicted octanol–water partition coefficient (Wildman–Crippen LogP) is 0.770. The zero-order valence-corrected chi connectivity index (χ0v) is 14.1. The molecule has 0 saturated carbocycles. The summed E-state index contributed by atoms with van der Waals surface area (Å²) in [6.07, 6.45) is 5.84. The number of carbonyl (C=O) groups is 2. The molecule has 1 amide bonds. The molecule has 1 fully saturated rings. The summed E-state index contributed by atoms with van der Waals surface area (Å²) in [6.45, 7) is 2.00. The molecule has 0 spiro atoms. The van der Waals surface area contributed by atoms with Crippen LogP contribution in [0.3, 0.4) is 0 Å². The summed E-state index contributed by atoms with van der Waals surface area (Å²) < 4.78 is 12.5. The first-order chi connectivity index (χ1) is 12.7. The average molecular weight is 355 g/mol. The monoisotopic (exact) mass is 355 g/mol. The van der Waals surface area contributed by atoms with E-state index >= 15 is 0 Å². The van der Waals surface area contributed by atoms with Crippen molar-refractivity contribution in [2.75, 3.05) is 6.61 Å². The highest BCUT2D eigenvalue weighted by atomic mass is 16.5. The lowest BCUT2D eigenvalue weighted by molar-refractivity contribution is -0.139. The third-order valence-corrected chi connectivity index (χ3v) is 4.35. The zero-order valence-electron chi connectivity index (χ0n) is 14.1. The SMILES string of the molecule is CCOC(=O)C1=C(NC(=O)c2ccc(-n3ccnc3)nn2)C2CCC1O2. The van der Waals surface area contributed by atoms with E-state index in [-0.39, 0.29) is 24.5 Å². The number of amides is 1. The Bertz CT molecular complexity index is 860. The quantitative estimate of drug-likeness (QED) is 0.789. The van der Waals surface area contributed by atoms with E-state index in [9.17, 15) is 9.59 Å². The van der Waals surface area contributed by atoms with E-state index in [4.69, 9.17) is 9.47 Å². The van der Waals surface area contributed by atoms with Crippen LogP contribution in [-0.2, 0) is 14.3 Å². The van der Waals surface area contributed by atoms with Crippen LogP contribution in [0.2, 0.25) is 0 Å². The number of hydrogen-bond donors (Lipinski definition) is 1. The van der Waals surface area contributed by atoms with Gasteiger partial charge in [-0.1, -0.05) is 0 Å². The smallest absolute Gasteiger partial charge is 0.338 e. The summed E-state index contributed by atoms with van der Waals surface area (Å²) >= 11 is 0. The van der Waals surface area contributed by atoms with E-state index in [1.165, 1.54) is 0 Å². The van der Waals surface area contributed by atoms with Crippen molar-refractivity contribution in [3.8, 4) is 5.82 Å². The van der Waals surface area contributed by atoms with E-state index in [0.717, 1.165) is 12.8 Å². The molecule has 2 aliphatic heterocycles. The first-order valence-corrected chi connectivity index (χ1v) is 8.37. The minimum absolute atomic E-state index is 0.146. The number of imidazole rings is 1. The highest BCUT2D eigenvalue weighted by Crippen LogP contribution is 2.38. The molecule has 2 unspecified atom stereocenters. The van der Waals surface area contributed by atoms with E-state index < -0.39 is 11.9 Å². The fourth-order valence-corrected chi connectivity index (χ4v) is 3.17. The molecular formula is C17H17N5O4. The van der Waals surface area contributed by atoms with Gasteiger partial charge in [-0.2, -0.15) is 0 Å². The number of esters is 1. The normalized spacial score (nSPS) is 21.1. The van der Waals surface area contributed by atoms with Crippen LogP contribution in [-0.4, -0.2) is 50.4 Å². The van der Waals surface area contributed by atoms with Crippen molar-refractivity contribution >= 4 is 11.9 Å². The summed E-state index contributed by atoms with van der Waals surface area (Å²) in [5, 5.41) is 10.7. The largest absolute Gasteiger partial charge is 0.463 e. The molecule has 4 rings (SSSR count). The van der Waals surface area contributed by atoms with E-state index in [0.29, 0.717) is 17.1 Å². The molecule has 2 atom stereocenters. The lowest BCUT2D eigenvalue weighted by Crippen LogP contribution is -2.32. The van der Waals surface area contributed by atoms with Crippen molar-refractivity contribution in [2.24, 2.45) is 0 Å². The summed E-state index contributed by atoms with van der Waals surface area (Å²) in [7, 11) is 0. The minimum Gasteiger partial charge on any atom is -0.463 e. The number of ether oxygens (including phenoxy) is 2. The van der Waals surface area contributed by atoms with Crippen LogP contribution in [0.5, 0.6) is 0 Å². The molecule has 1 N–H and O–H groups in total. The first kappa shape index (κ1) is 16.4. The third-order valence-electron chi connectivity index (χ3n) is 4.35. The highest BCUT2D eigenvalue weighted by Gasteiger charge is 2.44. The Hall–Kier alpha value is -3.07. The predicted molar refractivity (Wildman–Crippen MR) is 88.2 cm³/mol. The standard InChI is InChI=1S/C17H17N5O4/c1-2-25-17(24)14-11-4-5-12(26-11)15(14)19-16(23)10-3-6-13(21-20-10)22-8-7-18-9-22/h3,6-9,11-12H,2,4-5H2,1H3,(H,19,23). The van der Waals surface area contributed by atoms with Crippen molar-refractivity contribution in [3.63, 3.8) is 0 Å². The van der Waals surface area contributed by atoms with Gasteiger partial charge in [-0.15, -0.1) is 10.2 Å². The Morgan fingerprint density at radius 2 is 2.15 bits per heavy atom. The number of nitrogens with one attached hydrogen (secondary N) is 1. The minimum atomic E-state index is -0.448. The van der Waals surface area contributed by atoms with Gasteiger partial charge in [0.2, 0.25) is 0 Å². The molecular weight excluding hydrogens is 338 g/mol. The van der Waals surface area contributed by atoms with Gasteiger partial charge in [0.15, 0.2) is 11.5 Å².